The lowest BCUT2D eigenvalue weighted by Crippen LogP contribution is -1.99. The number of aliphatic imine (C=N–C) groups is 2. The number of amidine groups is 1. The Balaban J connectivity index is 1.34. The number of hydrogen-bond donors (Lipinski definition) is 0. The van der Waals surface area contributed by atoms with Crippen LogP contribution < -0.4 is 0 Å². The number of nitriles is 1. The summed E-state index contributed by atoms with van der Waals surface area (Å²) >= 11 is 0. The highest BCUT2D eigenvalue weighted by molar-refractivity contribution is 6.07. The standard InChI is InChI=1S/C35H25N3/c1-26(29-8-4-2-5-9-29)38-35(34-10-6-3-7-11-34)37-25-28-14-18-31(19-15-28)33-22-20-32(21-23-33)30-16-12-27(24-36)13-17-30/h2-23,25H,1H2/b37-25+,38-35-. The summed E-state index contributed by atoms with van der Waals surface area (Å²) in [4.78, 5) is 9.48. The molecule has 0 aromatic heterocycles. The molecule has 5 aromatic carbocycles. The van der Waals surface area contributed by atoms with Crippen LogP contribution in [0.1, 0.15) is 22.3 Å². The summed E-state index contributed by atoms with van der Waals surface area (Å²) < 4.78 is 0. The van der Waals surface area contributed by atoms with Gasteiger partial charge in [0.05, 0.1) is 17.3 Å². The Hall–Kier alpha value is -5.33. The molecule has 38 heavy (non-hydrogen) atoms. The van der Waals surface area contributed by atoms with Gasteiger partial charge in [-0.2, -0.15) is 5.26 Å². The Morgan fingerprint density at radius 3 is 1.53 bits per heavy atom. The van der Waals surface area contributed by atoms with E-state index in [-0.39, 0.29) is 0 Å². The SMILES string of the molecule is C=C(/N=C(\N=C\c1ccc(-c2ccc(-c3ccc(C#N)cc3)cc2)cc1)c1ccccc1)c1ccccc1. The van der Waals surface area contributed by atoms with Gasteiger partial charge in [-0.3, -0.25) is 0 Å². The highest BCUT2D eigenvalue weighted by atomic mass is 14.9. The first kappa shape index (κ1) is 24.4. The summed E-state index contributed by atoms with van der Waals surface area (Å²) in [6, 6.07) is 46.4. The summed E-state index contributed by atoms with van der Waals surface area (Å²) in [5.74, 6) is 0.613. The van der Waals surface area contributed by atoms with E-state index < -0.39 is 0 Å². The summed E-state index contributed by atoms with van der Waals surface area (Å²) in [6.45, 7) is 4.15. The first-order valence-electron chi connectivity index (χ1n) is 12.3. The minimum absolute atomic E-state index is 0.613. The van der Waals surface area contributed by atoms with Gasteiger partial charge in [0.25, 0.3) is 0 Å². The van der Waals surface area contributed by atoms with Crippen molar-refractivity contribution >= 4 is 17.7 Å². The molecule has 3 nitrogen and oxygen atoms in total. The van der Waals surface area contributed by atoms with Crippen LogP contribution >= 0.6 is 0 Å². The van der Waals surface area contributed by atoms with E-state index in [1.807, 2.05) is 91.1 Å². The van der Waals surface area contributed by atoms with Gasteiger partial charge in [-0.15, -0.1) is 0 Å². The fraction of sp³-hybridized carbons (Fsp3) is 0. The normalized spacial score (nSPS) is 11.3. The van der Waals surface area contributed by atoms with E-state index in [1.54, 1.807) is 0 Å². The topological polar surface area (TPSA) is 48.5 Å². The second-order valence-electron chi connectivity index (χ2n) is 8.76. The van der Waals surface area contributed by atoms with Crippen molar-refractivity contribution in [2.45, 2.75) is 0 Å². The van der Waals surface area contributed by atoms with E-state index in [4.69, 9.17) is 15.2 Å². The van der Waals surface area contributed by atoms with Gasteiger partial charge in [0, 0.05) is 11.8 Å². The number of hydrogen-bond acceptors (Lipinski definition) is 2. The van der Waals surface area contributed by atoms with E-state index in [0.717, 1.165) is 38.9 Å². The number of nitrogens with zero attached hydrogens (tertiary/aromatic N) is 3. The molecule has 0 aliphatic heterocycles. The summed E-state index contributed by atoms with van der Waals surface area (Å²) in [5, 5.41) is 9.00. The molecule has 0 fully saturated rings. The van der Waals surface area contributed by atoms with Gasteiger partial charge in [-0.25, -0.2) is 9.98 Å². The minimum Gasteiger partial charge on any atom is -0.236 e. The largest absolute Gasteiger partial charge is 0.236 e. The fourth-order valence-corrected chi connectivity index (χ4v) is 4.07. The van der Waals surface area contributed by atoms with Gasteiger partial charge in [0.2, 0.25) is 0 Å². The molecule has 0 unspecified atom stereocenters. The molecule has 0 spiro atoms. The van der Waals surface area contributed by atoms with Gasteiger partial charge in [0.1, 0.15) is 0 Å². The van der Waals surface area contributed by atoms with E-state index in [1.165, 1.54) is 0 Å². The molecule has 0 aliphatic rings. The predicted octanol–water partition coefficient (Wildman–Crippen LogP) is 8.43. The van der Waals surface area contributed by atoms with Crippen molar-refractivity contribution in [1.29, 1.82) is 5.26 Å². The van der Waals surface area contributed by atoms with Crippen molar-refractivity contribution in [2.24, 2.45) is 9.98 Å². The Morgan fingerprint density at radius 2 is 1.03 bits per heavy atom. The first-order chi connectivity index (χ1) is 18.7. The molecular formula is C35H25N3. The van der Waals surface area contributed by atoms with Crippen molar-refractivity contribution in [3.05, 3.63) is 162 Å². The van der Waals surface area contributed by atoms with Crippen LogP contribution in [0.15, 0.2) is 150 Å². The van der Waals surface area contributed by atoms with Crippen LogP contribution in [0.2, 0.25) is 0 Å². The first-order valence-corrected chi connectivity index (χ1v) is 12.3. The van der Waals surface area contributed by atoms with Gasteiger partial charge >= 0.3 is 0 Å². The van der Waals surface area contributed by atoms with Crippen LogP contribution in [-0.4, -0.2) is 12.1 Å². The highest BCUT2D eigenvalue weighted by Crippen LogP contribution is 2.25. The second kappa shape index (κ2) is 11.6. The molecule has 0 saturated carbocycles. The maximum atomic E-state index is 9.00. The van der Waals surface area contributed by atoms with Crippen molar-refractivity contribution in [3.8, 4) is 28.3 Å². The molecule has 0 amide bonds. The highest BCUT2D eigenvalue weighted by Gasteiger charge is 2.05. The molecule has 3 heteroatoms. The molecule has 180 valence electrons. The predicted molar refractivity (Wildman–Crippen MR) is 158 cm³/mol. The Labute approximate surface area is 223 Å². The Morgan fingerprint density at radius 1 is 0.579 bits per heavy atom. The van der Waals surface area contributed by atoms with Crippen LogP contribution in [0.5, 0.6) is 0 Å². The minimum atomic E-state index is 0.613. The van der Waals surface area contributed by atoms with E-state index in [2.05, 4.69) is 61.2 Å². The smallest absolute Gasteiger partial charge is 0.159 e. The zero-order valence-electron chi connectivity index (χ0n) is 20.8. The van der Waals surface area contributed by atoms with Crippen molar-refractivity contribution in [1.82, 2.24) is 0 Å². The third kappa shape index (κ3) is 5.90. The molecular weight excluding hydrogens is 462 g/mol. The molecule has 0 atom stereocenters. The average Bonchev–Trinajstić information content (AvgIpc) is 3.00. The van der Waals surface area contributed by atoms with Crippen LogP contribution in [0.4, 0.5) is 0 Å². The Kier molecular flexibility index (Phi) is 7.44. The molecule has 0 aliphatic carbocycles. The maximum absolute atomic E-state index is 9.00. The quantitative estimate of drug-likeness (QED) is 0.175. The van der Waals surface area contributed by atoms with Crippen LogP contribution in [0.25, 0.3) is 28.0 Å². The molecule has 0 radical (unpaired) electrons. The van der Waals surface area contributed by atoms with Gasteiger partial charge < -0.3 is 0 Å². The summed E-state index contributed by atoms with van der Waals surface area (Å²) in [6.07, 6.45) is 1.84. The molecule has 0 N–H and O–H groups in total. The maximum Gasteiger partial charge on any atom is 0.159 e. The number of benzene rings is 5. The molecule has 0 bridgehead atoms. The molecule has 0 saturated heterocycles. The van der Waals surface area contributed by atoms with Crippen LogP contribution in [0, 0.1) is 11.3 Å². The lowest BCUT2D eigenvalue weighted by Gasteiger charge is -2.06. The third-order valence-electron chi connectivity index (χ3n) is 6.19. The number of rotatable bonds is 6. The van der Waals surface area contributed by atoms with Crippen molar-refractivity contribution in [3.63, 3.8) is 0 Å². The van der Waals surface area contributed by atoms with Gasteiger partial charge in [0.15, 0.2) is 5.84 Å². The van der Waals surface area contributed by atoms with E-state index in [0.29, 0.717) is 17.1 Å². The van der Waals surface area contributed by atoms with Crippen molar-refractivity contribution < 1.29 is 0 Å². The zero-order chi connectivity index (χ0) is 26.2. The summed E-state index contributed by atoms with van der Waals surface area (Å²) in [7, 11) is 0. The van der Waals surface area contributed by atoms with Gasteiger partial charge in [-0.05, 0) is 45.5 Å². The fourth-order valence-electron chi connectivity index (χ4n) is 4.07. The lowest BCUT2D eigenvalue weighted by molar-refractivity contribution is 1.45. The van der Waals surface area contributed by atoms with Crippen molar-refractivity contribution in [2.75, 3.05) is 0 Å². The lowest BCUT2D eigenvalue weighted by atomic mass is 9.99. The molecule has 5 rings (SSSR count). The monoisotopic (exact) mass is 487 g/mol. The van der Waals surface area contributed by atoms with Crippen LogP contribution in [0.3, 0.4) is 0 Å². The van der Waals surface area contributed by atoms with Crippen LogP contribution in [-0.2, 0) is 0 Å². The van der Waals surface area contributed by atoms with E-state index >= 15 is 0 Å². The third-order valence-corrected chi connectivity index (χ3v) is 6.19. The average molecular weight is 488 g/mol. The summed E-state index contributed by atoms with van der Waals surface area (Å²) in [5.41, 5.74) is 8.68. The molecule has 0 heterocycles. The van der Waals surface area contributed by atoms with Gasteiger partial charge in [-0.1, -0.05) is 128 Å². The molecule has 5 aromatic rings. The van der Waals surface area contributed by atoms with E-state index in [9.17, 15) is 0 Å². The zero-order valence-corrected chi connectivity index (χ0v) is 20.8. The Bertz CT molecular complexity index is 1620. The second-order valence-corrected chi connectivity index (χ2v) is 8.76.